The first-order valence-electron chi connectivity index (χ1n) is 4.33. The standard InChI is InChI=1S/C9H12N4O2/c1-5(8(11)14)13-9(15)7-6(10)3-2-4-12-7/h2-5H,10H2,1H3,(H2,11,14)(H,13,15). The molecule has 0 radical (unpaired) electrons. The Morgan fingerprint density at radius 1 is 1.53 bits per heavy atom. The summed E-state index contributed by atoms with van der Waals surface area (Å²) in [6, 6.07) is 2.42. The first kappa shape index (κ1) is 11.0. The van der Waals surface area contributed by atoms with Gasteiger partial charge in [-0.3, -0.25) is 9.59 Å². The molecule has 0 fully saturated rings. The molecule has 15 heavy (non-hydrogen) atoms. The topological polar surface area (TPSA) is 111 Å². The van der Waals surface area contributed by atoms with E-state index in [4.69, 9.17) is 11.5 Å². The Morgan fingerprint density at radius 3 is 2.73 bits per heavy atom. The van der Waals surface area contributed by atoms with Crippen molar-refractivity contribution in [3.63, 3.8) is 0 Å². The summed E-state index contributed by atoms with van der Waals surface area (Å²) in [5.74, 6) is -1.13. The molecule has 6 heteroatoms. The number of nitrogens with one attached hydrogen (secondary N) is 1. The van der Waals surface area contributed by atoms with Gasteiger partial charge in [0.05, 0.1) is 5.69 Å². The number of hydrogen-bond acceptors (Lipinski definition) is 4. The van der Waals surface area contributed by atoms with E-state index in [2.05, 4.69) is 10.3 Å². The molecule has 1 atom stereocenters. The highest BCUT2D eigenvalue weighted by molar-refractivity contribution is 5.99. The summed E-state index contributed by atoms with van der Waals surface area (Å²) in [5, 5.41) is 2.38. The van der Waals surface area contributed by atoms with E-state index in [0.29, 0.717) is 0 Å². The summed E-state index contributed by atoms with van der Waals surface area (Å²) in [6.07, 6.45) is 1.44. The fraction of sp³-hybridized carbons (Fsp3) is 0.222. The van der Waals surface area contributed by atoms with Crippen molar-refractivity contribution in [3.8, 4) is 0 Å². The van der Waals surface area contributed by atoms with Crippen LogP contribution in [0.5, 0.6) is 0 Å². The molecule has 2 amide bonds. The lowest BCUT2D eigenvalue weighted by atomic mass is 10.2. The van der Waals surface area contributed by atoms with Crippen LogP contribution in [0.25, 0.3) is 0 Å². The molecule has 0 bridgehead atoms. The van der Waals surface area contributed by atoms with Crippen LogP contribution >= 0.6 is 0 Å². The zero-order valence-corrected chi connectivity index (χ0v) is 8.23. The summed E-state index contributed by atoms with van der Waals surface area (Å²) in [4.78, 5) is 26.0. The van der Waals surface area contributed by atoms with Crippen LogP contribution in [0, 0.1) is 0 Å². The highest BCUT2D eigenvalue weighted by Gasteiger charge is 2.16. The number of aromatic nitrogens is 1. The summed E-state index contributed by atoms with van der Waals surface area (Å²) in [6.45, 7) is 1.49. The van der Waals surface area contributed by atoms with E-state index in [1.165, 1.54) is 13.1 Å². The number of carbonyl (C=O) groups is 2. The molecule has 1 aromatic rings. The molecular weight excluding hydrogens is 196 g/mol. The summed E-state index contributed by atoms with van der Waals surface area (Å²) >= 11 is 0. The SMILES string of the molecule is CC(NC(=O)c1ncccc1N)C(N)=O. The van der Waals surface area contributed by atoms with E-state index < -0.39 is 17.9 Å². The molecule has 1 unspecified atom stereocenters. The number of nitrogens with two attached hydrogens (primary N) is 2. The first-order valence-corrected chi connectivity index (χ1v) is 4.33. The minimum Gasteiger partial charge on any atom is -0.397 e. The Kier molecular flexibility index (Phi) is 3.22. The highest BCUT2D eigenvalue weighted by atomic mass is 16.2. The van der Waals surface area contributed by atoms with Gasteiger partial charge in [0.1, 0.15) is 6.04 Å². The molecule has 5 N–H and O–H groups in total. The Labute approximate surface area is 86.7 Å². The van der Waals surface area contributed by atoms with Gasteiger partial charge in [-0.05, 0) is 19.1 Å². The van der Waals surface area contributed by atoms with Crippen LogP contribution in [0.1, 0.15) is 17.4 Å². The second kappa shape index (κ2) is 4.41. The van der Waals surface area contributed by atoms with Gasteiger partial charge in [-0.15, -0.1) is 0 Å². The van der Waals surface area contributed by atoms with Gasteiger partial charge >= 0.3 is 0 Å². The third-order valence-electron chi connectivity index (χ3n) is 1.83. The minimum atomic E-state index is -0.751. The van der Waals surface area contributed by atoms with Crippen LogP contribution in [0.3, 0.4) is 0 Å². The Bertz CT molecular complexity index is 391. The Hall–Kier alpha value is -2.11. The molecule has 0 saturated heterocycles. The Balaban J connectivity index is 2.78. The molecule has 0 aliphatic heterocycles. The third kappa shape index (κ3) is 2.67. The van der Waals surface area contributed by atoms with Crippen molar-refractivity contribution in [2.24, 2.45) is 5.73 Å². The monoisotopic (exact) mass is 208 g/mol. The van der Waals surface area contributed by atoms with Crippen LogP contribution in [0.2, 0.25) is 0 Å². The molecule has 1 rings (SSSR count). The summed E-state index contributed by atoms with van der Waals surface area (Å²) in [7, 11) is 0. The fourth-order valence-corrected chi connectivity index (χ4v) is 0.944. The molecule has 0 aliphatic rings. The van der Waals surface area contributed by atoms with E-state index in [1.54, 1.807) is 12.1 Å². The lowest BCUT2D eigenvalue weighted by molar-refractivity contribution is -0.119. The zero-order valence-electron chi connectivity index (χ0n) is 8.23. The molecular formula is C9H12N4O2. The zero-order chi connectivity index (χ0) is 11.4. The number of rotatable bonds is 3. The molecule has 0 aromatic carbocycles. The minimum absolute atomic E-state index is 0.0885. The second-order valence-electron chi connectivity index (χ2n) is 3.04. The number of primary amides is 1. The van der Waals surface area contributed by atoms with Crippen LogP contribution in [0.15, 0.2) is 18.3 Å². The van der Waals surface area contributed by atoms with Crippen molar-refractivity contribution in [2.75, 3.05) is 5.73 Å². The lowest BCUT2D eigenvalue weighted by Crippen LogP contribution is -2.42. The molecule has 80 valence electrons. The van der Waals surface area contributed by atoms with Gasteiger partial charge < -0.3 is 16.8 Å². The summed E-state index contributed by atoms with van der Waals surface area (Å²) in [5.41, 5.74) is 10.9. The number of pyridine rings is 1. The quantitative estimate of drug-likeness (QED) is 0.607. The van der Waals surface area contributed by atoms with Crippen LogP contribution in [-0.4, -0.2) is 22.8 Å². The first-order chi connectivity index (χ1) is 7.02. The van der Waals surface area contributed by atoms with E-state index in [9.17, 15) is 9.59 Å². The van der Waals surface area contributed by atoms with E-state index in [1.807, 2.05) is 0 Å². The van der Waals surface area contributed by atoms with Crippen molar-refractivity contribution in [1.82, 2.24) is 10.3 Å². The van der Waals surface area contributed by atoms with E-state index >= 15 is 0 Å². The average Bonchev–Trinajstić information content (AvgIpc) is 2.18. The summed E-state index contributed by atoms with van der Waals surface area (Å²) < 4.78 is 0. The van der Waals surface area contributed by atoms with Gasteiger partial charge in [0.15, 0.2) is 5.69 Å². The number of amides is 2. The van der Waals surface area contributed by atoms with Crippen LogP contribution in [0.4, 0.5) is 5.69 Å². The molecule has 0 saturated carbocycles. The smallest absolute Gasteiger partial charge is 0.272 e. The van der Waals surface area contributed by atoms with Crippen molar-refractivity contribution < 1.29 is 9.59 Å². The number of anilines is 1. The van der Waals surface area contributed by atoms with Gasteiger partial charge in [0.25, 0.3) is 5.91 Å². The number of hydrogen-bond donors (Lipinski definition) is 3. The van der Waals surface area contributed by atoms with Gasteiger partial charge in [-0.1, -0.05) is 0 Å². The van der Waals surface area contributed by atoms with Crippen molar-refractivity contribution >= 4 is 17.5 Å². The van der Waals surface area contributed by atoms with Crippen LogP contribution in [-0.2, 0) is 4.79 Å². The van der Waals surface area contributed by atoms with Crippen molar-refractivity contribution in [2.45, 2.75) is 13.0 Å². The lowest BCUT2D eigenvalue weighted by Gasteiger charge is -2.10. The molecule has 1 aromatic heterocycles. The maximum absolute atomic E-state index is 11.5. The van der Waals surface area contributed by atoms with Gasteiger partial charge in [-0.2, -0.15) is 0 Å². The van der Waals surface area contributed by atoms with Crippen molar-refractivity contribution in [1.29, 1.82) is 0 Å². The van der Waals surface area contributed by atoms with Crippen LogP contribution < -0.4 is 16.8 Å². The molecule has 0 aliphatic carbocycles. The number of carbonyl (C=O) groups excluding carboxylic acids is 2. The predicted octanol–water partition coefficient (Wildman–Crippen LogP) is -0.733. The normalized spacial score (nSPS) is 11.8. The average molecular weight is 208 g/mol. The largest absolute Gasteiger partial charge is 0.397 e. The number of nitrogen functional groups attached to an aromatic ring is 1. The highest BCUT2D eigenvalue weighted by Crippen LogP contribution is 2.06. The third-order valence-corrected chi connectivity index (χ3v) is 1.83. The molecule has 0 spiro atoms. The van der Waals surface area contributed by atoms with Gasteiger partial charge in [0, 0.05) is 6.20 Å². The molecule has 1 heterocycles. The second-order valence-corrected chi connectivity index (χ2v) is 3.04. The van der Waals surface area contributed by atoms with E-state index in [0.717, 1.165) is 0 Å². The fourth-order valence-electron chi connectivity index (χ4n) is 0.944. The van der Waals surface area contributed by atoms with Crippen molar-refractivity contribution in [3.05, 3.63) is 24.0 Å². The van der Waals surface area contributed by atoms with Gasteiger partial charge in [0.2, 0.25) is 5.91 Å². The van der Waals surface area contributed by atoms with E-state index in [-0.39, 0.29) is 11.4 Å². The number of nitrogens with zero attached hydrogens (tertiary/aromatic N) is 1. The molecule has 6 nitrogen and oxygen atoms in total. The predicted molar refractivity (Wildman–Crippen MR) is 54.8 cm³/mol. The van der Waals surface area contributed by atoms with Gasteiger partial charge in [-0.25, -0.2) is 4.98 Å². The maximum Gasteiger partial charge on any atom is 0.272 e. The Morgan fingerprint density at radius 2 is 2.20 bits per heavy atom. The maximum atomic E-state index is 11.5.